The van der Waals surface area contributed by atoms with Gasteiger partial charge in [0, 0.05) is 30.9 Å². The maximum Gasteiger partial charge on any atom is 0.0945 e. The zero-order chi connectivity index (χ0) is 9.84. The molecule has 0 amide bonds. The van der Waals surface area contributed by atoms with Crippen LogP contribution in [0.25, 0.3) is 0 Å². The minimum absolute atomic E-state index is 0.406. The van der Waals surface area contributed by atoms with Crippen LogP contribution in [-0.4, -0.2) is 39.4 Å². The quantitative estimate of drug-likeness (QED) is 0.735. The molecule has 0 aromatic carbocycles. The third-order valence-corrected chi connectivity index (χ3v) is 4.14. The van der Waals surface area contributed by atoms with Crippen LogP contribution in [0.1, 0.15) is 27.2 Å². The summed E-state index contributed by atoms with van der Waals surface area (Å²) in [6, 6.07) is 0.876. The van der Waals surface area contributed by atoms with E-state index in [9.17, 15) is 4.21 Å². The molecule has 0 spiro atoms. The van der Waals surface area contributed by atoms with Gasteiger partial charge in [-0.15, -0.1) is 0 Å². The van der Waals surface area contributed by atoms with Crippen molar-refractivity contribution >= 4 is 11.0 Å². The molecule has 1 fully saturated rings. The molecule has 0 aliphatic carbocycles. The van der Waals surface area contributed by atoms with Crippen molar-refractivity contribution in [3.8, 4) is 0 Å². The normalized spacial score (nSPS) is 33.2. The molecule has 1 aliphatic rings. The molecule has 1 heterocycles. The van der Waals surface area contributed by atoms with Crippen LogP contribution in [0.5, 0.6) is 0 Å². The second kappa shape index (κ2) is 5.08. The first-order valence-electron chi connectivity index (χ1n) is 5.03. The fourth-order valence-electron chi connectivity index (χ4n) is 1.56. The summed E-state index contributed by atoms with van der Waals surface area (Å²) in [6.45, 7) is 8.22. The first-order valence-corrected chi connectivity index (χ1v) is 6.31. The molecule has 4 heteroatoms. The zero-order valence-electron chi connectivity index (χ0n) is 8.75. The molecule has 1 N–H and O–H groups in total. The van der Waals surface area contributed by atoms with Crippen LogP contribution in [0.15, 0.2) is 0 Å². The second-order valence-corrected chi connectivity index (χ2v) is 5.30. The molecule has 3 unspecified atom stereocenters. The highest BCUT2D eigenvalue weighted by Crippen LogP contribution is 2.10. The number of rotatable bonds is 3. The fourth-order valence-corrected chi connectivity index (χ4v) is 3.01. The molecule has 3 atom stereocenters. The van der Waals surface area contributed by atoms with Crippen LogP contribution < -0.4 is 5.32 Å². The van der Waals surface area contributed by atoms with Crippen molar-refractivity contribution in [3.63, 3.8) is 0 Å². The Morgan fingerprint density at radius 3 is 2.85 bits per heavy atom. The summed E-state index contributed by atoms with van der Waals surface area (Å²) < 4.78 is 13.9. The summed E-state index contributed by atoms with van der Waals surface area (Å²) in [4.78, 5) is 0. The van der Waals surface area contributed by atoms with Crippen LogP contribution in [0.2, 0.25) is 0 Å². The van der Waals surface area contributed by atoms with Gasteiger partial charge in [0.15, 0.2) is 0 Å². The summed E-state index contributed by atoms with van der Waals surface area (Å²) in [7, 11) is -0.764. The fraction of sp³-hybridized carbons (Fsp3) is 1.00. The van der Waals surface area contributed by atoms with Crippen molar-refractivity contribution in [2.75, 3.05) is 18.8 Å². The Morgan fingerprint density at radius 2 is 2.23 bits per heavy atom. The molecule has 3 nitrogen and oxygen atoms in total. The highest BCUT2D eigenvalue weighted by atomic mass is 32.2. The van der Waals surface area contributed by atoms with Crippen LogP contribution in [0, 0.1) is 0 Å². The van der Waals surface area contributed by atoms with E-state index in [4.69, 9.17) is 0 Å². The highest BCUT2D eigenvalue weighted by Gasteiger charge is 2.25. The van der Waals surface area contributed by atoms with E-state index in [1.54, 1.807) is 0 Å². The summed E-state index contributed by atoms with van der Waals surface area (Å²) in [5.74, 6) is 0.803. The Labute approximate surface area is 83.5 Å². The van der Waals surface area contributed by atoms with E-state index in [0.717, 1.165) is 25.3 Å². The number of hydrogen-bond acceptors (Lipinski definition) is 2. The summed E-state index contributed by atoms with van der Waals surface area (Å²) in [5.41, 5.74) is 0. The molecular formula is C9H20N2OS. The predicted molar refractivity (Wildman–Crippen MR) is 56.9 cm³/mol. The Hall–Kier alpha value is 0.0700. The van der Waals surface area contributed by atoms with Gasteiger partial charge >= 0.3 is 0 Å². The topological polar surface area (TPSA) is 32.3 Å². The van der Waals surface area contributed by atoms with Crippen molar-refractivity contribution < 1.29 is 4.21 Å². The van der Waals surface area contributed by atoms with E-state index >= 15 is 0 Å². The lowest BCUT2D eigenvalue weighted by Gasteiger charge is -2.36. The molecule has 1 aliphatic heterocycles. The Balaban J connectivity index is 2.50. The molecule has 0 saturated carbocycles. The molecule has 0 aromatic rings. The molecule has 0 aromatic heterocycles. The number of nitrogens with one attached hydrogen (secondary N) is 1. The van der Waals surface area contributed by atoms with E-state index in [2.05, 4.69) is 30.4 Å². The lowest BCUT2D eigenvalue weighted by atomic mass is 10.2. The van der Waals surface area contributed by atoms with Gasteiger partial charge in [-0.05, 0) is 20.3 Å². The van der Waals surface area contributed by atoms with Crippen molar-refractivity contribution in [2.45, 2.75) is 39.3 Å². The van der Waals surface area contributed by atoms with E-state index < -0.39 is 11.0 Å². The molecular weight excluding hydrogens is 184 g/mol. The largest absolute Gasteiger partial charge is 0.311 e. The smallest absolute Gasteiger partial charge is 0.0945 e. The van der Waals surface area contributed by atoms with E-state index in [0.29, 0.717) is 12.1 Å². The van der Waals surface area contributed by atoms with E-state index in [1.165, 1.54) is 0 Å². The minimum atomic E-state index is -0.764. The Kier molecular flexibility index (Phi) is 4.35. The van der Waals surface area contributed by atoms with Gasteiger partial charge in [0.05, 0.1) is 11.0 Å². The van der Waals surface area contributed by atoms with Crippen molar-refractivity contribution in [1.82, 2.24) is 9.62 Å². The first-order chi connectivity index (χ1) is 6.15. The van der Waals surface area contributed by atoms with E-state index in [1.807, 2.05) is 0 Å². The van der Waals surface area contributed by atoms with Gasteiger partial charge in [-0.3, -0.25) is 0 Å². The van der Waals surface area contributed by atoms with Gasteiger partial charge in [0.25, 0.3) is 0 Å². The first kappa shape index (κ1) is 11.1. The SMILES string of the molecule is CCCS(=O)N1CC(C)NCC1C. The second-order valence-electron chi connectivity index (χ2n) is 3.78. The number of nitrogens with zero attached hydrogens (tertiary/aromatic N) is 1. The molecule has 0 bridgehead atoms. The van der Waals surface area contributed by atoms with Crippen molar-refractivity contribution in [2.24, 2.45) is 0 Å². The predicted octanol–water partition coefficient (Wildman–Crippen LogP) is 0.742. The maximum atomic E-state index is 11.8. The molecule has 13 heavy (non-hydrogen) atoms. The summed E-state index contributed by atoms with van der Waals surface area (Å²) in [5, 5.41) is 3.38. The molecule has 0 radical (unpaired) electrons. The monoisotopic (exact) mass is 204 g/mol. The van der Waals surface area contributed by atoms with Crippen molar-refractivity contribution in [3.05, 3.63) is 0 Å². The minimum Gasteiger partial charge on any atom is -0.311 e. The van der Waals surface area contributed by atoms with Gasteiger partial charge < -0.3 is 5.32 Å². The average molecular weight is 204 g/mol. The lowest BCUT2D eigenvalue weighted by Crippen LogP contribution is -2.54. The molecule has 1 saturated heterocycles. The Bertz CT molecular complexity index is 186. The zero-order valence-corrected chi connectivity index (χ0v) is 9.56. The standard InChI is InChI=1S/C9H20N2OS/c1-4-5-13(12)11-7-8(2)10-6-9(11)3/h8-10H,4-7H2,1-3H3. The van der Waals surface area contributed by atoms with Gasteiger partial charge in [-0.2, -0.15) is 0 Å². The number of piperazine rings is 1. The molecule has 78 valence electrons. The highest BCUT2D eigenvalue weighted by molar-refractivity contribution is 7.82. The lowest BCUT2D eigenvalue weighted by molar-refractivity contribution is 0.255. The van der Waals surface area contributed by atoms with Crippen LogP contribution in [0.3, 0.4) is 0 Å². The summed E-state index contributed by atoms with van der Waals surface area (Å²) in [6.07, 6.45) is 0.998. The van der Waals surface area contributed by atoms with Gasteiger partial charge in [0.1, 0.15) is 0 Å². The third kappa shape index (κ3) is 3.04. The van der Waals surface area contributed by atoms with E-state index in [-0.39, 0.29) is 0 Å². The molecule has 1 rings (SSSR count). The number of hydrogen-bond donors (Lipinski definition) is 1. The average Bonchev–Trinajstić information content (AvgIpc) is 2.09. The van der Waals surface area contributed by atoms with Crippen LogP contribution in [0.4, 0.5) is 0 Å². The van der Waals surface area contributed by atoms with Crippen LogP contribution >= 0.6 is 0 Å². The van der Waals surface area contributed by atoms with Crippen molar-refractivity contribution in [1.29, 1.82) is 0 Å². The maximum absolute atomic E-state index is 11.8. The van der Waals surface area contributed by atoms with Crippen LogP contribution in [-0.2, 0) is 11.0 Å². The van der Waals surface area contributed by atoms with Gasteiger partial charge in [-0.25, -0.2) is 8.51 Å². The summed E-state index contributed by atoms with van der Waals surface area (Å²) >= 11 is 0. The van der Waals surface area contributed by atoms with Gasteiger partial charge in [-0.1, -0.05) is 6.92 Å². The Morgan fingerprint density at radius 1 is 1.54 bits per heavy atom. The van der Waals surface area contributed by atoms with Gasteiger partial charge in [0.2, 0.25) is 0 Å². The third-order valence-electron chi connectivity index (χ3n) is 2.35.